The average molecular weight is 394 g/mol. The van der Waals surface area contributed by atoms with Crippen LogP contribution in [0.2, 0.25) is 5.02 Å². The SMILES string of the molecule is O=c1cc(-c2c(Cl)ccc3c2OCO3)c2c(n1Cc1ccccc1)CCCC2. The van der Waals surface area contributed by atoms with Gasteiger partial charge in [-0.2, -0.15) is 0 Å². The zero-order valence-corrected chi connectivity index (χ0v) is 16.2. The average Bonchev–Trinajstić information content (AvgIpc) is 3.20. The van der Waals surface area contributed by atoms with E-state index < -0.39 is 0 Å². The van der Waals surface area contributed by atoms with E-state index in [-0.39, 0.29) is 12.4 Å². The van der Waals surface area contributed by atoms with Gasteiger partial charge >= 0.3 is 0 Å². The Bertz CT molecular complexity index is 1110. The quantitative estimate of drug-likeness (QED) is 0.640. The van der Waals surface area contributed by atoms with Gasteiger partial charge in [-0.3, -0.25) is 4.79 Å². The van der Waals surface area contributed by atoms with Crippen LogP contribution in [0, 0.1) is 0 Å². The second kappa shape index (κ2) is 7.02. The number of hydrogen-bond donors (Lipinski definition) is 0. The van der Waals surface area contributed by atoms with E-state index in [4.69, 9.17) is 21.1 Å². The summed E-state index contributed by atoms with van der Waals surface area (Å²) in [7, 11) is 0. The topological polar surface area (TPSA) is 40.5 Å². The Hall–Kier alpha value is -2.72. The van der Waals surface area contributed by atoms with E-state index in [9.17, 15) is 4.79 Å². The first-order valence-electron chi connectivity index (χ1n) is 9.60. The summed E-state index contributed by atoms with van der Waals surface area (Å²) in [5.41, 5.74) is 5.10. The van der Waals surface area contributed by atoms with Crippen molar-refractivity contribution in [3.63, 3.8) is 0 Å². The molecule has 0 atom stereocenters. The number of nitrogens with zero attached hydrogens (tertiary/aromatic N) is 1. The molecule has 1 aromatic heterocycles. The van der Waals surface area contributed by atoms with Crippen LogP contribution >= 0.6 is 11.6 Å². The molecule has 5 heteroatoms. The fraction of sp³-hybridized carbons (Fsp3) is 0.261. The number of benzene rings is 2. The monoisotopic (exact) mass is 393 g/mol. The van der Waals surface area contributed by atoms with Gasteiger partial charge in [-0.15, -0.1) is 0 Å². The van der Waals surface area contributed by atoms with Crippen LogP contribution in [0.25, 0.3) is 11.1 Å². The zero-order valence-electron chi connectivity index (χ0n) is 15.4. The second-order valence-corrected chi connectivity index (χ2v) is 7.66. The third-order valence-corrected chi connectivity index (χ3v) is 5.88. The molecule has 4 nitrogen and oxygen atoms in total. The highest BCUT2D eigenvalue weighted by Crippen LogP contribution is 2.47. The van der Waals surface area contributed by atoms with Crippen molar-refractivity contribution in [2.24, 2.45) is 0 Å². The lowest BCUT2D eigenvalue weighted by Crippen LogP contribution is -2.27. The van der Waals surface area contributed by atoms with Crippen molar-refractivity contribution in [1.29, 1.82) is 0 Å². The van der Waals surface area contributed by atoms with E-state index in [1.54, 1.807) is 6.07 Å². The molecule has 1 aliphatic carbocycles. The van der Waals surface area contributed by atoms with Crippen LogP contribution in [0.1, 0.15) is 29.7 Å². The number of aromatic nitrogens is 1. The third-order valence-electron chi connectivity index (χ3n) is 5.56. The van der Waals surface area contributed by atoms with Gasteiger partial charge in [-0.1, -0.05) is 41.9 Å². The van der Waals surface area contributed by atoms with Gasteiger partial charge in [0.1, 0.15) is 0 Å². The van der Waals surface area contributed by atoms with Crippen molar-refractivity contribution >= 4 is 11.6 Å². The van der Waals surface area contributed by atoms with Crippen molar-refractivity contribution in [2.75, 3.05) is 6.79 Å². The summed E-state index contributed by atoms with van der Waals surface area (Å²) in [6, 6.07) is 15.5. The lowest BCUT2D eigenvalue weighted by Gasteiger charge is -2.25. The lowest BCUT2D eigenvalue weighted by molar-refractivity contribution is 0.174. The van der Waals surface area contributed by atoms with Crippen molar-refractivity contribution in [1.82, 2.24) is 4.57 Å². The molecule has 5 rings (SSSR count). The minimum atomic E-state index is -0.00733. The summed E-state index contributed by atoms with van der Waals surface area (Å²) < 4.78 is 13.2. The summed E-state index contributed by atoms with van der Waals surface area (Å²) in [5.74, 6) is 1.32. The fourth-order valence-electron chi connectivity index (χ4n) is 4.26. The van der Waals surface area contributed by atoms with E-state index in [1.165, 1.54) is 5.56 Å². The van der Waals surface area contributed by atoms with Crippen LogP contribution in [0.5, 0.6) is 11.5 Å². The van der Waals surface area contributed by atoms with Gasteiger partial charge in [0.05, 0.1) is 11.6 Å². The minimum Gasteiger partial charge on any atom is -0.454 e. The van der Waals surface area contributed by atoms with Gasteiger partial charge in [0.15, 0.2) is 11.5 Å². The van der Waals surface area contributed by atoms with E-state index in [1.807, 2.05) is 34.9 Å². The third kappa shape index (κ3) is 2.89. The van der Waals surface area contributed by atoms with Crippen molar-refractivity contribution in [3.8, 4) is 22.6 Å². The first-order valence-corrected chi connectivity index (χ1v) is 9.98. The maximum Gasteiger partial charge on any atom is 0.251 e. The largest absolute Gasteiger partial charge is 0.454 e. The van der Waals surface area contributed by atoms with E-state index in [2.05, 4.69) is 12.1 Å². The predicted molar refractivity (Wildman–Crippen MR) is 109 cm³/mol. The standard InChI is InChI=1S/C23H20ClNO3/c24-18-10-11-20-23(28-14-27-20)22(18)17-12-21(26)25(13-15-6-2-1-3-7-15)19-9-5-4-8-16(17)19/h1-3,6-7,10-12H,4-5,8-9,13-14H2. The highest BCUT2D eigenvalue weighted by Gasteiger charge is 2.27. The van der Waals surface area contributed by atoms with Gasteiger partial charge < -0.3 is 14.0 Å². The number of fused-ring (bicyclic) bond motifs is 2. The van der Waals surface area contributed by atoms with E-state index in [0.717, 1.165) is 48.1 Å². The summed E-state index contributed by atoms with van der Waals surface area (Å²) in [5, 5.41) is 0.581. The Morgan fingerprint density at radius 2 is 1.82 bits per heavy atom. The Labute approximate surface area is 168 Å². The van der Waals surface area contributed by atoms with Crippen LogP contribution in [-0.4, -0.2) is 11.4 Å². The molecule has 1 aliphatic heterocycles. The molecule has 2 heterocycles. The molecule has 0 spiro atoms. The predicted octanol–water partition coefficient (Wildman–Crippen LogP) is 4.82. The highest BCUT2D eigenvalue weighted by atomic mass is 35.5. The normalized spacial score (nSPS) is 14.8. The number of rotatable bonds is 3. The van der Waals surface area contributed by atoms with Crippen molar-refractivity contribution in [3.05, 3.63) is 80.7 Å². The number of pyridine rings is 1. The molecule has 2 aliphatic rings. The molecule has 2 aromatic carbocycles. The maximum absolute atomic E-state index is 13.1. The molecule has 0 unspecified atom stereocenters. The molecule has 0 fully saturated rings. The molecule has 0 saturated heterocycles. The number of ether oxygens (including phenoxy) is 2. The van der Waals surface area contributed by atoms with Gasteiger partial charge in [0.25, 0.3) is 5.56 Å². The number of halogens is 1. The van der Waals surface area contributed by atoms with Crippen molar-refractivity contribution < 1.29 is 9.47 Å². The van der Waals surface area contributed by atoms with Crippen LogP contribution in [0.3, 0.4) is 0 Å². The van der Waals surface area contributed by atoms with E-state index in [0.29, 0.717) is 23.1 Å². The molecule has 3 aromatic rings. The van der Waals surface area contributed by atoms with Crippen LogP contribution in [0.15, 0.2) is 53.3 Å². The summed E-state index contributed by atoms with van der Waals surface area (Å²) >= 11 is 6.56. The van der Waals surface area contributed by atoms with Gasteiger partial charge in [-0.25, -0.2) is 0 Å². The fourth-order valence-corrected chi connectivity index (χ4v) is 4.51. The second-order valence-electron chi connectivity index (χ2n) is 7.26. The zero-order chi connectivity index (χ0) is 19.1. The first kappa shape index (κ1) is 17.4. The molecular weight excluding hydrogens is 374 g/mol. The molecule has 0 N–H and O–H groups in total. The summed E-state index contributed by atoms with van der Waals surface area (Å²) in [4.78, 5) is 13.1. The Balaban J connectivity index is 1.71. The molecule has 0 amide bonds. The van der Waals surface area contributed by atoms with Crippen LogP contribution < -0.4 is 15.0 Å². The summed E-state index contributed by atoms with van der Waals surface area (Å²) in [6.07, 6.45) is 4.02. The number of hydrogen-bond acceptors (Lipinski definition) is 3. The highest BCUT2D eigenvalue weighted by molar-refractivity contribution is 6.34. The van der Waals surface area contributed by atoms with Crippen LogP contribution in [-0.2, 0) is 19.4 Å². The molecule has 0 bridgehead atoms. The maximum atomic E-state index is 13.1. The van der Waals surface area contributed by atoms with E-state index >= 15 is 0 Å². The molecular formula is C23H20ClNO3. The summed E-state index contributed by atoms with van der Waals surface area (Å²) in [6.45, 7) is 0.762. The van der Waals surface area contributed by atoms with Gasteiger partial charge in [0.2, 0.25) is 6.79 Å². The molecule has 0 radical (unpaired) electrons. The minimum absolute atomic E-state index is 0.00733. The Morgan fingerprint density at radius 1 is 1.00 bits per heavy atom. The van der Waals surface area contributed by atoms with Gasteiger partial charge in [0, 0.05) is 17.3 Å². The Kier molecular flexibility index (Phi) is 4.36. The first-order chi connectivity index (χ1) is 13.7. The molecule has 28 heavy (non-hydrogen) atoms. The van der Waals surface area contributed by atoms with Crippen molar-refractivity contribution in [2.45, 2.75) is 32.2 Å². The smallest absolute Gasteiger partial charge is 0.251 e. The molecule has 142 valence electrons. The Morgan fingerprint density at radius 3 is 2.68 bits per heavy atom. The lowest BCUT2D eigenvalue weighted by atomic mass is 9.88. The molecule has 0 saturated carbocycles. The van der Waals surface area contributed by atoms with Crippen LogP contribution in [0.4, 0.5) is 0 Å². The van der Waals surface area contributed by atoms with Gasteiger partial charge in [-0.05, 0) is 54.5 Å².